The van der Waals surface area contributed by atoms with E-state index in [1.165, 1.54) is 6.20 Å². The number of thiophene rings is 1. The van der Waals surface area contributed by atoms with Crippen LogP contribution in [0.5, 0.6) is 0 Å². The van der Waals surface area contributed by atoms with Crippen molar-refractivity contribution in [1.29, 1.82) is 0 Å². The first-order chi connectivity index (χ1) is 17.6. The molecule has 1 unspecified atom stereocenters. The molecule has 0 amide bonds. The monoisotopic (exact) mass is 531 g/mol. The van der Waals surface area contributed by atoms with Crippen LogP contribution in [0.1, 0.15) is 40.8 Å². The van der Waals surface area contributed by atoms with Crippen LogP contribution >= 0.6 is 11.3 Å². The standard InChI is InChI=1S/C26H28F3N5O2S/c1-16-3-5-18(14-34(16)36)12-31-25(35)19-11-21(32-9-7-20(8-10-32)26(27,28)29)24-30-13-22(33(24)15-19)23-6-4-17(2)37-23/h3-6,11,13-15,20,25,31,35H,7-10,12H2,1-2H3. The van der Waals surface area contributed by atoms with Gasteiger partial charge in [0.05, 0.1) is 28.4 Å². The van der Waals surface area contributed by atoms with Gasteiger partial charge in [0.1, 0.15) is 6.23 Å². The lowest BCUT2D eigenvalue weighted by molar-refractivity contribution is -0.612. The Labute approximate surface area is 216 Å². The molecule has 0 radical (unpaired) electrons. The molecule has 7 nitrogen and oxygen atoms in total. The number of anilines is 1. The Kier molecular flexibility index (Phi) is 6.86. The third kappa shape index (κ3) is 5.29. The zero-order valence-electron chi connectivity index (χ0n) is 20.5. The van der Waals surface area contributed by atoms with Crippen molar-refractivity contribution >= 4 is 22.7 Å². The normalized spacial score (nSPS) is 16.0. The fraction of sp³-hybridized carbons (Fsp3) is 0.385. The number of aliphatic hydroxyl groups excluding tert-OH is 1. The van der Waals surface area contributed by atoms with Crippen LogP contribution < -0.4 is 14.9 Å². The number of pyridine rings is 2. The first-order valence-corrected chi connectivity index (χ1v) is 12.9. The van der Waals surface area contributed by atoms with Crippen molar-refractivity contribution in [3.63, 3.8) is 0 Å². The lowest BCUT2D eigenvalue weighted by atomic mass is 9.96. The fourth-order valence-corrected chi connectivity index (χ4v) is 5.58. The van der Waals surface area contributed by atoms with Gasteiger partial charge in [-0.05, 0) is 44.0 Å². The lowest BCUT2D eigenvalue weighted by Gasteiger charge is -2.34. The van der Waals surface area contributed by atoms with Crippen molar-refractivity contribution in [2.45, 2.75) is 45.6 Å². The molecule has 1 aliphatic heterocycles. The molecule has 196 valence electrons. The van der Waals surface area contributed by atoms with Crippen molar-refractivity contribution < 1.29 is 23.0 Å². The molecule has 5 heterocycles. The largest absolute Gasteiger partial charge is 0.619 e. The van der Waals surface area contributed by atoms with Gasteiger partial charge in [-0.15, -0.1) is 11.3 Å². The number of fused-ring (bicyclic) bond motifs is 1. The highest BCUT2D eigenvalue weighted by atomic mass is 32.1. The van der Waals surface area contributed by atoms with Crippen molar-refractivity contribution in [3.8, 4) is 10.6 Å². The Morgan fingerprint density at radius 1 is 1.22 bits per heavy atom. The molecule has 0 aliphatic carbocycles. The summed E-state index contributed by atoms with van der Waals surface area (Å²) < 4.78 is 42.5. The van der Waals surface area contributed by atoms with Gasteiger partial charge in [0.25, 0.3) is 0 Å². The summed E-state index contributed by atoms with van der Waals surface area (Å²) in [6.45, 7) is 4.49. The van der Waals surface area contributed by atoms with E-state index >= 15 is 0 Å². The van der Waals surface area contributed by atoms with E-state index in [-0.39, 0.29) is 32.5 Å². The topological polar surface area (TPSA) is 79.7 Å². The van der Waals surface area contributed by atoms with E-state index in [1.54, 1.807) is 42.8 Å². The van der Waals surface area contributed by atoms with Gasteiger partial charge < -0.3 is 15.2 Å². The highest BCUT2D eigenvalue weighted by Gasteiger charge is 2.41. The number of nitrogens with zero attached hydrogens (tertiary/aromatic N) is 4. The predicted octanol–water partition coefficient (Wildman–Crippen LogP) is 4.87. The van der Waals surface area contributed by atoms with Crippen LogP contribution in [0.3, 0.4) is 0 Å². The quantitative estimate of drug-likeness (QED) is 0.211. The number of hydrogen-bond donors (Lipinski definition) is 2. The van der Waals surface area contributed by atoms with Crippen LogP contribution in [0.15, 0.2) is 48.9 Å². The molecule has 1 saturated heterocycles. The predicted molar refractivity (Wildman–Crippen MR) is 136 cm³/mol. The molecule has 2 N–H and O–H groups in total. The minimum Gasteiger partial charge on any atom is -0.619 e. The maximum absolute atomic E-state index is 13.3. The average Bonchev–Trinajstić information content (AvgIpc) is 3.49. The van der Waals surface area contributed by atoms with Gasteiger partial charge in [0.15, 0.2) is 17.5 Å². The summed E-state index contributed by atoms with van der Waals surface area (Å²) in [7, 11) is 0. The summed E-state index contributed by atoms with van der Waals surface area (Å²) in [6.07, 6.45) is -0.213. The first-order valence-electron chi connectivity index (χ1n) is 12.1. The highest BCUT2D eigenvalue weighted by Crippen LogP contribution is 2.38. The van der Waals surface area contributed by atoms with Crippen LogP contribution in [0.25, 0.3) is 16.2 Å². The van der Waals surface area contributed by atoms with Gasteiger partial charge in [-0.3, -0.25) is 9.72 Å². The van der Waals surface area contributed by atoms with Crippen LogP contribution in [-0.2, 0) is 6.54 Å². The Morgan fingerprint density at radius 3 is 2.62 bits per heavy atom. The minimum absolute atomic E-state index is 0.0149. The van der Waals surface area contributed by atoms with E-state index < -0.39 is 18.3 Å². The molecule has 4 aromatic rings. The average molecular weight is 532 g/mol. The summed E-state index contributed by atoms with van der Waals surface area (Å²) in [5.74, 6) is -1.31. The summed E-state index contributed by atoms with van der Waals surface area (Å²) in [4.78, 5) is 8.70. The second kappa shape index (κ2) is 9.96. The van der Waals surface area contributed by atoms with Gasteiger partial charge in [-0.2, -0.15) is 17.9 Å². The number of aromatic nitrogens is 3. The number of rotatable bonds is 6. The molecule has 0 saturated carbocycles. The molecule has 4 aromatic heterocycles. The van der Waals surface area contributed by atoms with Gasteiger partial charge in [0.2, 0.25) is 0 Å². The molecular weight excluding hydrogens is 503 g/mol. The fourth-order valence-electron chi connectivity index (χ4n) is 4.71. The highest BCUT2D eigenvalue weighted by molar-refractivity contribution is 7.15. The molecule has 0 spiro atoms. The second-order valence-electron chi connectivity index (χ2n) is 9.50. The molecule has 37 heavy (non-hydrogen) atoms. The molecule has 11 heteroatoms. The van der Waals surface area contributed by atoms with E-state index in [9.17, 15) is 23.5 Å². The number of nitrogens with one attached hydrogen (secondary N) is 1. The van der Waals surface area contributed by atoms with E-state index in [4.69, 9.17) is 0 Å². The molecule has 5 rings (SSSR count). The Morgan fingerprint density at radius 2 is 1.97 bits per heavy atom. The Bertz CT molecular complexity index is 1410. The maximum atomic E-state index is 13.3. The Hall–Kier alpha value is -3.15. The number of aryl methyl sites for hydroxylation is 2. The number of hydrogen-bond acceptors (Lipinski definition) is 6. The molecule has 1 atom stereocenters. The number of aliphatic hydroxyl groups is 1. The second-order valence-corrected chi connectivity index (χ2v) is 10.8. The molecule has 0 aromatic carbocycles. The Balaban J connectivity index is 1.48. The van der Waals surface area contributed by atoms with Crippen molar-refractivity contribution in [2.24, 2.45) is 5.92 Å². The van der Waals surface area contributed by atoms with Crippen LogP contribution in [-0.4, -0.2) is 33.8 Å². The van der Waals surface area contributed by atoms with E-state index in [0.29, 0.717) is 28.2 Å². The van der Waals surface area contributed by atoms with E-state index in [2.05, 4.69) is 10.3 Å². The number of alkyl halides is 3. The zero-order chi connectivity index (χ0) is 26.3. The first kappa shape index (κ1) is 25.5. The third-order valence-corrected chi connectivity index (χ3v) is 7.91. The number of halogens is 3. The molecule has 0 bridgehead atoms. The van der Waals surface area contributed by atoms with Gasteiger partial charge in [0, 0.05) is 54.8 Å². The van der Waals surface area contributed by atoms with Gasteiger partial charge in [-0.1, -0.05) is 0 Å². The van der Waals surface area contributed by atoms with Crippen molar-refractivity contribution in [3.05, 3.63) is 75.8 Å². The lowest BCUT2D eigenvalue weighted by Crippen LogP contribution is -2.39. The van der Waals surface area contributed by atoms with Crippen LogP contribution in [0.4, 0.5) is 18.9 Å². The number of piperidine rings is 1. The maximum Gasteiger partial charge on any atom is 0.391 e. The van der Waals surface area contributed by atoms with Gasteiger partial charge >= 0.3 is 6.18 Å². The summed E-state index contributed by atoms with van der Waals surface area (Å²) in [5.41, 5.74) is 4.01. The SMILES string of the molecule is Cc1ccc(-c2cnc3c(N4CCC(C(F)(F)F)CC4)cc(C(O)NCc4ccc(C)[n+]([O-])c4)cn23)s1. The van der Waals surface area contributed by atoms with E-state index in [1.807, 2.05) is 34.4 Å². The minimum atomic E-state index is -4.20. The number of imidazole rings is 1. The van der Waals surface area contributed by atoms with E-state index in [0.717, 1.165) is 20.2 Å². The molecular formula is C26H28F3N5O2S. The summed E-state index contributed by atoms with van der Waals surface area (Å²) in [6, 6.07) is 9.35. The van der Waals surface area contributed by atoms with Crippen molar-refractivity contribution in [1.82, 2.24) is 14.7 Å². The smallest absolute Gasteiger partial charge is 0.391 e. The zero-order valence-corrected chi connectivity index (χ0v) is 21.3. The molecule has 1 fully saturated rings. The molecule has 1 aliphatic rings. The third-order valence-electron chi connectivity index (χ3n) is 6.88. The van der Waals surface area contributed by atoms with Crippen LogP contribution in [0.2, 0.25) is 0 Å². The summed E-state index contributed by atoms with van der Waals surface area (Å²) >= 11 is 1.62. The van der Waals surface area contributed by atoms with Crippen LogP contribution in [0, 0.1) is 25.0 Å². The van der Waals surface area contributed by atoms with Gasteiger partial charge in [-0.25, -0.2) is 4.98 Å². The van der Waals surface area contributed by atoms with Crippen molar-refractivity contribution in [2.75, 3.05) is 18.0 Å². The summed E-state index contributed by atoms with van der Waals surface area (Å²) in [5, 5.41) is 26.0.